The number of anilines is 1. The van der Waals surface area contributed by atoms with E-state index in [0.29, 0.717) is 15.2 Å². The van der Waals surface area contributed by atoms with Crippen LogP contribution in [0.25, 0.3) is 0 Å². The summed E-state index contributed by atoms with van der Waals surface area (Å²) in [6.45, 7) is 0. The topological polar surface area (TPSA) is 51.8 Å². The molecule has 84 valence electrons. The van der Waals surface area contributed by atoms with E-state index in [1.165, 1.54) is 11.3 Å². The molecule has 1 heterocycles. The van der Waals surface area contributed by atoms with Crippen LogP contribution in [0.2, 0.25) is 10.0 Å². The minimum Gasteiger partial charge on any atom is -0.374 e. The van der Waals surface area contributed by atoms with Gasteiger partial charge < -0.3 is 5.73 Å². The largest absolute Gasteiger partial charge is 0.374 e. The molecule has 0 atom stereocenters. The first kappa shape index (κ1) is 12.0. The highest BCUT2D eigenvalue weighted by Gasteiger charge is 2.05. The molecule has 16 heavy (non-hydrogen) atoms. The molecule has 7 heteroatoms. The Morgan fingerprint density at radius 1 is 1.31 bits per heavy atom. The Hall–Kier alpha value is -0.490. The maximum absolute atomic E-state index is 6.05. The van der Waals surface area contributed by atoms with Crippen molar-refractivity contribution in [2.24, 2.45) is 0 Å². The number of hydrogen-bond acceptors (Lipinski definition) is 5. The number of rotatable bonds is 3. The van der Waals surface area contributed by atoms with Crippen molar-refractivity contribution in [2.75, 3.05) is 5.73 Å². The Kier molecular flexibility index (Phi) is 3.91. The van der Waals surface area contributed by atoms with Gasteiger partial charge in [0, 0.05) is 15.8 Å². The van der Waals surface area contributed by atoms with E-state index in [1.807, 2.05) is 12.1 Å². The fraction of sp³-hybridized carbons (Fsp3) is 0.111. The van der Waals surface area contributed by atoms with Crippen LogP contribution in [-0.2, 0) is 5.75 Å². The maximum atomic E-state index is 6.05. The van der Waals surface area contributed by atoms with E-state index in [9.17, 15) is 0 Å². The SMILES string of the molecule is Nc1nnc(SCc2ccc(Cl)cc2Cl)s1. The van der Waals surface area contributed by atoms with E-state index >= 15 is 0 Å². The zero-order chi connectivity index (χ0) is 11.5. The van der Waals surface area contributed by atoms with Crippen molar-refractivity contribution in [3.8, 4) is 0 Å². The Morgan fingerprint density at radius 3 is 2.75 bits per heavy atom. The van der Waals surface area contributed by atoms with Gasteiger partial charge in [-0.3, -0.25) is 0 Å². The van der Waals surface area contributed by atoms with Gasteiger partial charge in [-0.25, -0.2) is 0 Å². The van der Waals surface area contributed by atoms with Crippen molar-refractivity contribution in [2.45, 2.75) is 10.1 Å². The van der Waals surface area contributed by atoms with E-state index < -0.39 is 0 Å². The summed E-state index contributed by atoms with van der Waals surface area (Å²) in [5, 5.41) is 9.43. The van der Waals surface area contributed by atoms with Crippen molar-refractivity contribution in [1.29, 1.82) is 0 Å². The van der Waals surface area contributed by atoms with E-state index in [0.717, 1.165) is 15.7 Å². The molecule has 0 aliphatic carbocycles. The first-order chi connectivity index (χ1) is 7.65. The van der Waals surface area contributed by atoms with Gasteiger partial charge in [0.1, 0.15) is 0 Å². The normalized spacial score (nSPS) is 10.6. The van der Waals surface area contributed by atoms with Crippen LogP contribution in [0.4, 0.5) is 5.13 Å². The van der Waals surface area contributed by atoms with Crippen LogP contribution in [0.1, 0.15) is 5.56 Å². The molecule has 3 nitrogen and oxygen atoms in total. The van der Waals surface area contributed by atoms with Gasteiger partial charge in [-0.1, -0.05) is 52.4 Å². The molecule has 0 aliphatic rings. The van der Waals surface area contributed by atoms with E-state index in [-0.39, 0.29) is 0 Å². The average Bonchev–Trinajstić information content (AvgIpc) is 2.63. The first-order valence-electron chi connectivity index (χ1n) is 4.31. The molecule has 0 aliphatic heterocycles. The molecule has 1 aromatic carbocycles. The summed E-state index contributed by atoms with van der Waals surface area (Å²) in [5.41, 5.74) is 6.50. The summed E-state index contributed by atoms with van der Waals surface area (Å²) < 4.78 is 0.837. The standard InChI is InChI=1S/C9H7Cl2N3S2/c10-6-2-1-5(7(11)3-6)4-15-9-14-13-8(12)16-9/h1-3H,4H2,(H2,12,13). The molecule has 1 aromatic heterocycles. The molecule has 0 spiro atoms. The predicted octanol–water partition coefficient (Wildman–Crippen LogP) is 3.72. The lowest BCUT2D eigenvalue weighted by Gasteiger charge is -2.02. The number of nitrogens with two attached hydrogens (primary N) is 1. The molecule has 0 saturated carbocycles. The lowest BCUT2D eigenvalue weighted by atomic mass is 10.2. The molecule has 0 fully saturated rings. The molecular formula is C9H7Cl2N3S2. The van der Waals surface area contributed by atoms with Gasteiger partial charge in [0.2, 0.25) is 5.13 Å². The fourth-order valence-corrected chi connectivity index (χ4v) is 3.25. The van der Waals surface area contributed by atoms with E-state index in [1.54, 1.807) is 17.8 Å². The van der Waals surface area contributed by atoms with Gasteiger partial charge in [-0.15, -0.1) is 10.2 Å². The smallest absolute Gasteiger partial charge is 0.203 e. The minimum absolute atomic E-state index is 0.477. The van der Waals surface area contributed by atoms with Crippen molar-refractivity contribution in [3.63, 3.8) is 0 Å². The molecule has 2 aromatic rings. The number of halogens is 2. The molecule has 0 amide bonds. The van der Waals surface area contributed by atoms with Crippen molar-refractivity contribution in [1.82, 2.24) is 10.2 Å². The minimum atomic E-state index is 0.477. The summed E-state index contributed by atoms with van der Waals surface area (Å²) in [5.74, 6) is 0.727. The highest BCUT2D eigenvalue weighted by Crippen LogP contribution is 2.30. The molecule has 0 unspecified atom stereocenters. The van der Waals surface area contributed by atoms with Gasteiger partial charge in [0.15, 0.2) is 4.34 Å². The van der Waals surface area contributed by atoms with Crippen LogP contribution in [-0.4, -0.2) is 10.2 Å². The molecule has 2 rings (SSSR count). The predicted molar refractivity (Wildman–Crippen MR) is 70.3 cm³/mol. The number of benzene rings is 1. The van der Waals surface area contributed by atoms with Crippen LogP contribution in [0, 0.1) is 0 Å². The lowest BCUT2D eigenvalue weighted by molar-refractivity contribution is 1.02. The highest BCUT2D eigenvalue weighted by molar-refractivity contribution is 8.00. The van der Waals surface area contributed by atoms with E-state index in [2.05, 4.69) is 10.2 Å². The number of aromatic nitrogens is 2. The Morgan fingerprint density at radius 2 is 2.12 bits per heavy atom. The molecular weight excluding hydrogens is 285 g/mol. The zero-order valence-electron chi connectivity index (χ0n) is 7.98. The highest BCUT2D eigenvalue weighted by atomic mass is 35.5. The zero-order valence-corrected chi connectivity index (χ0v) is 11.1. The van der Waals surface area contributed by atoms with Gasteiger partial charge in [0.05, 0.1) is 0 Å². The Labute approximate surface area is 111 Å². The van der Waals surface area contributed by atoms with Crippen LogP contribution in [0.5, 0.6) is 0 Å². The fourth-order valence-electron chi connectivity index (χ4n) is 1.06. The summed E-state index contributed by atoms with van der Waals surface area (Å²) in [4.78, 5) is 0. The van der Waals surface area contributed by atoms with Crippen molar-refractivity contribution >= 4 is 51.4 Å². The summed E-state index contributed by atoms with van der Waals surface area (Å²) in [6, 6.07) is 5.45. The van der Waals surface area contributed by atoms with E-state index in [4.69, 9.17) is 28.9 Å². The third-order valence-corrected chi connectivity index (χ3v) is 4.31. The third kappa shape index (κ3) is 3.01. The van der Waals surface area contributed by atoms with Crippen LogP contribution < -0.4 is 5.73 Å². The quantitative estimate of drug-likeness (QED) is 0.876. The van der Waals surface area contributed by atoms with Crippen LogP contribution >= 0.6 is 46.3 Å². The summed E-state index contributed by atoms with van der Waals surface area (Å²) in [6.07, 6.45) is 0. The number of nitrogen functional groups attached to an aromatic ring is 1. The summed E-state index contributed by atoms with van der Waals surface area (Å²) >= 11 is 14.8. The van der Waals surface area contributed by atoms with Gasteiger partial charge >= 0.3 is 0 Å². The van der Waals surface area contributed by atoms with Crippen LogP contribution in [0.15, 0.2) is 22.5 Å². The Balaban J connectivity index is 2.04. The number of hydrogen-bond donors (Lipinski definition) is 1. The maximum Gasteiger partial charge on any atom is 0.203 e. The van der Waals surface area contributed by atoms with Gasteiger partial charge in [-0.05, 0) is 17.7 Å². The molecule has 0 saturated heterocycles. The first-order valence-corrected chi connectivity index (χ1v) is 6.86. The van der Waals surface area contributed by atoms with Crippen LogP contribution in [0.3, 0.4) is 0 Å². The number of thioether (sulfide) groups is 1. The van der Waals surface area contributed by atoms with Crippen molar-refractivity contribution in [3.05, 3.63) is 33.8 Å². The van der Waals surface area contributed by atoms with Gasteiger partial charge in [-0.2, -0.15) is 0 Å². The third-order valence-electron chi connectivity index (χ3n) is 1.79. The molecule has 0 bridgehead atoms. The lowest BCUT2D eigenvalue weighted by Crippen LogP contribution is -1.82. The Bertz CT molecular complexity index is 501. The summed E-state index contributed by atoms with van der Waals surface area (Å²) in [7, 11) is 0. The molecule has 2 N–H and O–H groups in total. The van der Waals surface area contributed by atoms with Gasteiger partial charge in [0.25, 0.3) is 0 Å². The van der Waals surface area contributed by atoms with Crippen molar-refractivity contribution < 1.29 is 0 Å². The second kappa shape index (κ2) is 5.23. The number of nitrogens with zero attached hydrogens (tertiary/aromatic N) is 2. The average molecular weight is 292 g/mol. The second-order valence-corrected chi connectivity index (χ2v) is 6.01. The molecule has 0 radical (unpaired) electrons. The monoisotopic (exact) mass is 291 g/mol. The second-order valence-electron chi connectivity index (χ2n) is 2.93.